The van der Waals surface area contributed by atoms with E-state index in [4.69, 9.17) is 0 Å². The molecule has 1 aromatic carbocycles. The topological polar surface area (TPSA) is 15.3 Å². The molecule has 1 N–H and O–H groups in total. The molecule has 1 aliphatic heterocycles. The van der Waals surface area contributed by atoms with Crippen LogP contribution in [0.2, 0.25) is 0 Å². The lowest BCUT2D eigenvalue weighted by Gasteiger charge is -2.38. The van der Waals surface area contributed by atoms with E-state index in [-0.39, 0.29) is 5.82 Å². The first-order valence-electron chi connectivity index (χ1n) is 9.45. The third-order valence-corrected chi connectivity index (χ3v) is 5.73. The van der Waals surface area contributed by atoms with Crippen LogP contribution in [-0.4, -0.2) is 37.1 Å². The lowest BCUT2D eigenvalue weighted by atomic mass is 9.86. The van der Waals surface area contributed by atoms with Gasteiger partial charge in [-0.2, -0.15) is 0 Å². The van der Waals surface area contributed by atoms with E-state index in [1.807, 2.05) is 12.1 Å². The number of rotatable bonds is 5. The Morgan fingerprint density at radius 3 is 2.52 bits per heavy atom. The summed E-state index contributed by atoms with van der Waals surface area (Å²) in [5, 5.41) is 3.85. The highest BCUT2D eigenvalue weighted by molar-refractivity contribution is 5.22. The standard InChI is InChI=1S/C20H31FN2/c1-2-23-14-18(17-8-10-19(21)11-9-17)12-20(15-23)22-13-16-6-4-3-5-7-16/h8-11,16,18,20,22H,2-7,12-15H2,1H3. The molecule has 3 heteroatoms. The highest BCUT2D eigenvalue weighted by Gasteiger charge is 2.28. The average molecular weight is 318 g/mol. The van der Waals surface area contributed by atoms with E-state index in [0.717, 1.165) is 25.6 Å². The molecule has 0 radical (unpaired) electrons. The summed E-state index contributed by atoms with van der Waals surface area (Å²) in [5.74, 6) is 1.27. The minimum Gasteiger partial charge on any atom is -0.312 e. The summed E-state index contributed by atoms with van der Waals surface area (Å²) >= 11 is 0. The SMILES string of the molecule is CCN1CC(NCC2CCCCC2)CC(c2ccc(F)cc2)C1. The van der Waals surface area contributed by atoms with Crippen LogP contribution < -0.4 is 5.32 Å². The van der Waals surface area contributed by atoms with Gasteiger partial charge in [0, 0.05) is 19.1 Å². The zero-order chi connectivity index (χ0) is 16.1. The van der Waals surface area contributed by atoms with Crippen LogP contribution in [-0.2, 0) is 0 Å². The fraction of sp³-hybridized carbons (Fsp3) is 0.700. The Bertz CT molecular complexity index is 467. The summed E-state index contributed by atoms with van der Waals surface area (Å²) in [6.45, 7) is 6.77. The van der Waals surface area contributed by atoms with Gasteiger partial charge in [-0.25, -0.2) is 4.39 Å². The number of benzene rings is 1. The van der Waals surface area contributed by atoms with Gasteiger partial charge in [0.1, 0.15) is 5.82 Å². The van der Waals surface area contributed by atoms with Crippen molar-refractivity contribution in [2.75, 3.05) is 26.2 Å². The van der Waals surface area contributed by atoms with Gasteiger partial charge in [0.25, 0.3) is 0 Å². The lowest BCUT2D eigenvalue weighted by molar-refractivity contribution is 0.172. The van der Waals surface area contributed by atoms with Crippen molar-refractivity contribution in [3.63, 3.8) is 0 Å². The molecular weight excluding hydrogens is 287 g/mol. The third-order valence-electron chi connectivity index (χ3n) is 5.73. The number of hydrogen-bond donors (Lipinski definition) is 1. The molecule has 0 aromatic heterocycles. The van der Waals surface area contributed by atoms with E-state index in [1.54, 1.807) is 12.1 Å². The summed E-state index contributed by atoms with van der Waals surface area (Å²) in [4.78, 5) is 2.54. The van der Waals surface area contributed by atoms with Crippen LogP contribution in [0.5, 0.6) is 0 Å². The van der Waals surface area contributed by atoms with E-state index < -0.39 is 0 Å². The van der Waals surface area contributed by atoms with Crippen LogP contribution in [0.25, 0.3) is 0 Å². The zero-order valence-corrected chi connectivity index (χ0v) is 14.4. The van der Waals surface area contributed by atoms with Gasteiger partial charge in [-0.15, -0.1) is 0 Å². The summed E-state index contributed by atoms with van der Waals surface area (Å²) < 4.78 is 13.2. The molecule has 2 atom stereocenters. The highest BCUT2D eigenvalue weighted by Crippen LogP contribution is 2.28. The second-order valence-corrected chi connectivity index (χ2v) is 7.45. The molecule has 3 rings (SSSR count). The number of nitrogens with zero attached hydrogens (tertiary/aromatic N) is 1. The molecule has 2 fully saturated rings. The number of hydrogen-bond acceptors (Lipinski definition) is 2. The predicted octanol–water partition coefficient (Wildman–Crippen LogP) is 4.17. The van der Waals surface area contributed by atoms with E-state index in [2.05, 4.69) is 17.1 Å². The molecular formula is C20H31FN2. The van der Waals surface area contributed by atoms with Gasteiger partial charge in [0.2, 0.25) is 0 Å². The molecule has 1 aliphatic carbocycles. The van der Waals surface area contributed by atoms with E-state index in [9.17, 15) is 4.39 Å². The second-order valence-electron chi connectivity index (χ2n) is 7.45. The first-order chi connectivity index (χ1) is 11.2. The van der Waals surface area contributed by atoms with Crippen LogP contribution >= 0.6 is 0 Å². The van der Waals surface area contributed by atoms with Crippen molar-refractivity contribution in [3.05, 3.63) is 35.6 Å². The van der Waals surface area contributed by atoms with Crippen LogP contribution in [0.15, 0.2) is 24.3 Å². The van der Waals surface area contributed by atoms with E-state index >= 15 is 0 Å². The van der Waals surface area contributed by atoms with E-state index in [0.29, 0.717) is 12.0 Å². The fourth-order valence-corrected chi connectivity index (χ4v) is 4.30. The van der Waals surface area contributed by atoms with Gasteiger partial charge in [0.05, 0.1) is 0 Å². The Balaban J connectivity index is 1.57. The summed E-state index contributed by atoms with van der Waals surface area (Å²) in [6.07, 6.45) is 8.23. The Morgan fingerprint density at radius 2 is 1.83 bits per heavy atom. The van der Waals surface area contributed by atoms with Gasteiger partial charge in [-0.3, -0.25) is 0 Å². The zero-order valence-electron chi connectivity index (χ0n) is 14.4. The molecule has 1 aromatic rings. The van der Waals surface area contributed by atoms with Crippen molar-refractivity contribution in [1.29, 1.82) is 0 Å². The molecule has 1 saturated heterocycles. The maximum absolute atomic E-state index is 13.2. The Kier molecular flexibility index (Phi) is 6.07. The molecule has 2 nitrogen and oxygen atoms in total. The quantitative estimate of drug-likeness (QED) is 0.876. The van der Waals surface area contributed by atoms with Gasteiger partial charge in [-0.1, -0.05) is 38.3 Å². The van der Waals surface area contributed by atoms with Crippen molar-refractivity contribution in [2.24, 2.45) is 5.92 Å². The number of nitrogens with one attached hydrogen (secondary N) is 1. The summed E-state index contributed by atoms with van der Waals surface area (Å²) in [5.41, 5.74) is 1.29. The number of likely N-dealkylation sites (N-methyl/N-ethyl adjacent to an activating group) is 1. The summed E-state index contributed by atoms with van der Waals surface area (Å²) in [6, 6.07) is 7.71. The van der Waals surface area contributed by atoms with E-state index in [1.165, 1.54) is 50.6 Å². The molecule has 23 heavy (non-hydrogen) atoms. The molecule has 2 aliphatic rings. The molecule has 0 bridgehead atoms. The Labute approximate surface area is 140 Å². The van der Waals surface area contributed by atoms with Crippen LogP contribution in [0.4, 0.5) is 4.39 Å². The number of halogens is 1. The molecule has 2 unspecified atom stereocenters. The maximum Gasteiger partial charge on any atom is 0.123 e. The first-order valence-corrected chi connectivity index (χ1v) is 9.45. The minimum absolute atomic E-state index is 0.135. The predicted molar refractivity (Wildman–Crippen MR) is 94.2 cm³/mol. The normalized spacial score (nSPS) is 27.2. The largest absolute Gasteiger partial charge is 0.312 e. The summed E-state index contributed by atoms with van der Waals surface area (Å²) in [7, 11) is 0. The minimum atomic E-state index is -0.135. The van der Waals surface area contributed by atoms with Gasteiger partial charge in [-0.05, 0) is 61.9 Å². The van der Waals surface area contributed by atoms with Crippen LogP contribution in [0, 0.1) is 11.7 Å². The number of likely N-dealkylation sites (tertiary alicyclic amines) is 1. The van der Waals surface area contributed by atoms with Crippen molar-refractivity contribution >= 4 is 0 Å². The average Bonchev–Trinajstić information content (AvgIpc) is 2.61. The van der Waals surface area contributed by atoms with Crippen molar-refractivity contribution in [2.45, 2.75) is 57.4 Å². The molecule has 1 heterocycles. The van der Waals surface area contributed by atoms with Crippen molar-refractivity contribution < 1.29 is 4.39 Å². The second kappa shape index (κ2) is 8.25. The van der Waals surface area contributed by atoms with Crippen molar-refractivity contribution in [1.82, 2.24) is 10.2 Å². The van der Waals surface area contributed by atoms with Crippen LogP contribution in [0.3, 0.4) is 0 Å². The lowest BCUT2D eigenvalue weighted by Crippen LogP contribution is -2.49. The number of piperidine rings is 1. The Morgan fingerprint density at radius 1 is 1.09 bits per heavy atom. The Hall–Kier alpha value is -0.930. The molecule has 1 saturated carbocycles. The van der Waals surface area contributed by atoms with Gasteiger partial charge in [0.15, 0.2) is 0 Å². The molecule has 0 spiro atoms. The maximum atomic E-state index is 13.2. The van der Waals surface area contributed by atoms with Crippen molar-refractivity contribution in [3.8, 4) is 0 Å². The van der Waals surface area contributed by atoms with Crippen LogP contribution in [0.1, 0.15) is 56.9 Å². The molecule has 128 valence electrons. The first kappa shape index (κ1) is 16.9. The van der Waals surface area contributed by atoms with Gasteiger partial charge >= 0.3 is 0 Å². The fourth-order valence-electron chi connectivity index (χ4n) is 4.30. The van der Waals surface area contributed by atoms with Gasteiger partial charge < -0.3 is 10.2 Å². The monoisotopic (exact) mass is 318 g/mol. The smallest absolute Gasteiger partial charge is 0.123 e. The molecule has 0 amide bonds. The highest BCUT2D eigenvalue weighted by atomic mass is 19.1. The third kappa shape index (κ3) is 4.77.